The Labute approximate surface area is 181 Å². The van der Waals surface area contributed by atoms with Crippen molar-refractivity contribution in [3.05, 3.63) is 29.8 Å². The fourth-order valence-corrected chi connectivity index (χ4v) is 4.75. The maximum absolute atomic E-state index is 11.6. The number of aliphatic imine (C=N–C) groups is 1. The van der Waals surface area contributed by atoms with E-state index in [4.69, 9.17) is 4.74 Å². The lowest BCUT2D eigenvalue weighted by Crippen LogP contribution is -2.47. The van der Waals surface area contributed by atoms with Crippen molar-refractivity contribution in [1.29, 1.82) is 0 Å². The third kappa shape index (κ3) is 8.12. The molecule has 0 aromatic heterocycles. The van der Waals surface area contributed by atoms with Gasteiger partial charge in [0.1, 0.15) is 5.75 Å². The Morgan fingerprint density at radius 1 is 1.20 bits per heavy atom. The van der Waals surface area contributed by atoms with Crippen LogP contribution in [0.4, 0.5) is 0 Å². The molecule has 9 heteroatoms. The first-order valence-electron chi connectivity index (χ1n) is 10.5. The molecular weight excluding hydrogens is 402 g/mol. The molecule has 0 amide bonds. The number of hydrogen-bond acceptors (Lipinski definition) is 5. The summed E-state index contributed by atoms with van der Waals surface area (Å²) in [5.41, 5.74) is 0.570. The molecule has 1 unspecified atom stereocenters. The zero-order valence-corrected chi connectivity index (χ0v) is 19.7. The van der Waals surface area contributed by atoms with Crippen molar-refractivity contribution in [1.82, 2.24) is 20.3 Å². The van der Waals surface area contributed by atoms with Crippen LogP contribution in [0.25, 0.3) is 0 Å². The van der Waals surface area contributed by atoms with E-state index in [9.17, 15) is 8.42 Å². The highest BCUT2D eigenvalue weighted by molar-refractivity contribution is 7.88. The lowest BCUT2D eigenvalue weighted by molar-refractivity contribution is 0.245. The summed E-state index contributed by atoms with van der Waals surface area (Å²) in [5.74, 6) is 1.53. The lowest BCUT2D eigenvalue weighted by atomic mass is 10.1. The largest absolute Gasteiger partial charge is 0.497 e. The number of hydrogen-bond donors (Lipinski definition) is 3. The van der Waals surface area contributed by atoms with Crippen LogP contribution >= 0.6 is 0 Å². The Bertz CT molecular complexity index is 787. The number of guanidine groups is 1. The van der Waals surface area contributed by atoms with E-state index in [2.05, 4.69) is 37.4 Å². The van der Waals surface area contributed by atoms with Crippen LogP contribution in [0, 0.1) is 0 Å². The number of nitrogens with one attached hydrogen (secondary N) is 3. The maximum Gasteiger partial charge on any atom is 0.209 e. The highest BCUT2D eigenvalue weighted by Gasteiger charge is 2.25. The van der Waals surface area contributed by atoms with Crippen molar-refractivity contribution in [2.24, 2.45) is 4.99 Å². The maximum atomic E-state index is 11.6. The number of ether oxygens (including phenoxy) is 1. The van der Waals surface area contributed by atoms with Gasteiger partial charge in [-0.3, -0.25) is 9.89 Å². The van der Waals surface area contributed by atoms with E-state index >= 15 is 0 Å². The quantitative estimate of drug-likeness (QED) is 0.380. The molecule has 0 aliphatic carbocycles. The smallest absolute Gasteiger partial charge is 0.209 e. The molecule has 1 aromatic rings. The summed E-state index contributed by atoms with van der Waals surface area (Å²) >= 11 is 0. The van der Waals surface area contributed by atoms with Gasteiger partial charge in [-0.1, -0.05) is 12.1 Å². The van der Waals surface area contributed by atoms with Gasteiger partial charge in [-0.2, -0.15) is 0 Å². The molecule has 1 aliphatic heterocycles. The average molecular weight is 440 g/mol. The second kappa shape index (κ2) is 11.0. The van der Waals surface area contributed by atoms with Crippen molar-refractivity contribution in [2.45, 2.75) is 45.2 Å². The predicted molar refractivity (Wildman–Crippen MR) is 123 cm³/mol. The number of likely N-dealkylation sites (tertiary alicyclic amines) is 1. The molecule has 0 saturated carbocycles. The topological polar surface area (TPSA) is 95.1 Å². The van der Waals surface area contributed by atoms with Crippen LogP contribution in [0.15, 0.2) is 29.3 Å². The molecule has 2 rings (SSSR count). The number of rotatable bonds is 10. The van der Waals surface area contributed by atoms with Crippen LogP contribution in [0.1, 0.15) is 45.2 Å². The van der Waals surface area contributed by atoms with Gasteiger partial charge in [0, 0.05) is 18.6 Å². The highest BCUT2D eigenvalue weighted by atomic mass is 32.2. The van der Waals surface area contributed by atoms with Crippen LogP contribution in [-0.4, -0.2) is 70.9 Å². The Kier molecular flexibility index (Phi) is 8.93. The molecule has 1 aliphatic rings. The first-order valence-corrected chi connectivity index (χ1v) is 12.4. The van der Waals surface area contributed by atoms with Gasteiger partial charge in [-0.15, -0.1) is 0 Å². The summed E-state index contributed by atoms with van der Waals surface area (Å²) in [6.45, 7) is 9.58. The number of benzene rings is 1. The van der Waals surface area contributed by atoms with Crippen molar-refractivity contribution < 1.29 is 13.2 Å². The molecule has 1 saturated heterocycles. The monoisotopic (exact) mass is 439 g/mol. The summed E-state index contributed by atoms with van der Waals surface area (Å²) < 4.78 is 31.1. The first kappa shape index (κ1) is 24.4. The van der Waals surface area contributed by atoms with Crippen LogP contribution in [0.2, 0.25) is 0 Å². The van der Waals surface area contributed by atoms with E-state index in [0.29, 0.717) is 19.0 Å². The summed E-state index contributed by atoms with van der Waals surface area (Å²) in [7, 11) is -1.62. The van der Waals surface area contributed by atoms with Crippen molar-refractivity contribution in [3.63, 3.8) is 0 Å². The number of methoxy groups -OCH3 is 1. The zero-order chi connectivity index (χ0) is 22.2. The highest BCUT2D eigenvalue weighted by Crippen LogP contribution is 2.26. The van der Waals surface area contributed by atoms with E-state index in [0.717, 1.165) is 31.6 Å². The van der Waals surface area contributed by atoms with Crippen molar-refractivity contribution in [2.75, 3.05) is 46.1 Å². The zero-order valence-electron chi connectivity index (χ0n) is 18.9. The summed E-state index contributed by atoms with van der Waals surface area (Å²) in [4.78, 5) is 7.11. The molecule has 0 spiro atoms. The number of nitrogens with zero attached hydrogens (tertiary/aromatic N) is 2. The minimum absolute atomic E-state index is 0.226. The Morgan fingerprint density at radius 3 is 2.37 bits per heavy atom. The van der Waals surface area contributed by atoms with Gasteiger partial charge in [0.05, 0.1) is 26.0 Å². The molecule has 1 atom stereocenters. The summed E-state index contributed by atoms with van der Waals surface area (Å²) in [6, 6.07) is 8.46. The Balaban J connectivity index is 2.10. The van der Waals surface area contributed by atoms with Gasteiger partial charge < -0.3 is 15.4 Å². The molecule has 8 nitrogen and oxygen atoms in total. The minimum atomic E-state index is -3.30. The lowest BCUT2D eigenvalue weighted by Gasteiger charge is -2.29. The standard InChI is InChI=1S/C21H37N5O3S/c1-6-22-20(24-16-21(2,3)25-30(5,27)28)23-15-19(26-13-7-8-14-26)17-9-11-18(29-4)12-10-17/h9-12,19,25H,6-8,13-16H2,1-5H3,(H2,22,23,24). The van der Waals surface area contributed by atoms with Crippen LogP contribution in [0.5, 0.6) is 5.75 Å². The SMILES string of the molecule is CCNC(=NCC(C)(C)NS(C)(=O)=O)NCC(c1ccc(OC)cc1)N1CCCC1. The molecule has 1 fully saturated rings. The third-order valence-electron chi connectivity index (χ3n) is 4.98. The fourth-order valence-electron chi connectivity index (χ4n) is 3.68. The second-order valence-corrected chi connectivity index (χ2v) is 10.1. The molecular formula is C21H37N5O3S. The molecule has 0 bridgehead atoms. The summed E-state index contributed by atoms with van der Waals surface area (Å²) in [5, 5.41) is 6.71. The van der Waals surface area contributed by atoms with Gasteiger partial charge >= 0.3 is 0 Å². The Hall–Kier alpha value is -1.84. The molecule has 1 aromatic carbocycles. The van der Waals surface area contributed by atoms with E-state index < -0.39 is 15.6 Å². The van der Waals surface area contributed by atoms with Gasteiger partial charge in [0.2, 0.25) is 10.0 Å². The third-order valence-corrected chi connectivity index (χ3v) is 5.91. The van der Waals surface area contributed by atoms with E-state index in [-0.39, 0.29) is 6.04 Å². The van der Waals surface area contributed by atoms with Gasteiger partial charge in [0.25, 0.3) is 0 Å². The Morgan fingerprint density at radius 2 is 1.83 bits per heavy atom. The van der Waals surface area contributed by atoms with Crippen molar-refractivity contribution in [3.8, 4) is 5.75 Å². The first-order chi connectivity index (χ1) is 14.1. The second-order valence-electron chi connectivity index (χ2n) is 8.37. The molecule has 30 heavy (non-hydrogen) atoms. The van der Waals surface area contributed by atoms with Crippen LogP contribution < -0.4 is 20.1 Å². The van der Waals surface area contributed by atoms with E-state index in [1.165, 1.54) is 18.4 Å². The average Bonchev–Trinajstić information content (AvgIpc) is 3.19. The van der Waals surface area contributed by atoms with E-state index in [1.54, 1.807) is 7.11 Å². The normalized spacial score (nSPS) is 17.0. The molecule has 3 N–H and O–H groups in total. The van der Waals surface area contributed by atoms with Gasteiger partial charge in [-0.25, -0.2) is 13.1 Å². The van der Waals surface area contributed by atoms with E-state index in [1.807, 2.05) is 32.9 Å². The van der Waals surface area contributed by atoms with Crippen LogP contribution in [-0.2, 0) is 10.0 Å². The van der Waals surface area contributed by atoms with Crippen LogP contribution in [0.3, 0.4) is 0 Å². The van der Waals surface area contributed by atoms with Gasteiger partial charge in [-0.05, 0) is 64.4 Å². The minimum Gasteiger partial charge on any atom is -0.497 e. The predicted octanol–water partition coefficient (Wildman–Crippen LogP) is 1.72. The van der Waals surface area contributed by atoms with Crippen molar-refractivity contribution >= 4 is 16.0 Å². The fraction of sp³-hybridized carbons (Fsp3) is 0.667. The van der Waals surface area contributed by atoms with Gasteiger partial charge in [0.15, 0.2) is 5.96 Å². The number of sulfonamides is 1. The molecule has 170 valence electrons. The summed E-state index contributed by atoms with van der Waals surface area (Å²) in [6.07, 6.45) is 3.59. The molecule has 0 radical (unpaired) electrons. The molecule has 1 heterocycles.